The third-order valence-corrected chi connectivity index (χ3v) is 3.44. The second kappa shape index (κ2) is 5.46. The van der Waals surface area contributed by atoms with Gasteiger partial charge in [-0.1, -0.05) is 25.1 Å². The molecule has 0 bridgehead atoms. The third-order valence-electron chi connectivity index (χ3n) is 3.44. The lowest BCUT2D eigenvalue weighted by Gasteiger charge is -2.10. The van der Waals surface area contributed by atoms with Crippen molar-refractivity contribution in [3.05, 3.63) is 48.2 Å². The maximum atomic E-state index is 6.32. The van der Waals surface area contributed by atoms with Gasteiger partial charge in [-0.2, -0.15) is 5.10 Å². The molecule has 1 aromatic carbocycles. The summed E-state index contributed by atoms with van der Waals surface area (Å²) in [5.41, 5.74) is 8.21. The zero-order valence-corrected chi connectivity index (χ0v) is 11.5. The Morgan fingerprint density at radius 1 is 1.35 bits per heavy atom. The average Bonchev–Trinajstić information content (AvgIpc) is 3.06. The fraction of sp³-hybridized carbons (Fsp3) is 0.333. The molecule has 5 heteroatoms. The van der Waals surface area contributed by atoms with Crippen LogP contribution in [0, 0.1) is 0 Å². The molecule has 0 radical (unpaired) electrons. The molecule has 20 heavy (non-hydrogen) atoms. The summed E-state index contributed by atoms with van der Waals surface area (Å²) < 4.78 is 7.46. The van der Waals surface area contributed by atoms with E-state index in [1.807, 2.05) is 28.9 Å². The zero-order valence-electron chi connectivity index (χ0n) is 11.5. The van der Waals surface area contributed by atoms with Gasteiger partial charge >= 0.3 is 0 Å². The van der Waals surface area contributed by atoms with Crippen molar-refractivity contribution >= 4 is 11.0 Å². The molecule has 0 spiro atoms. The molecule has 0 amide bonds. The molecular formula is C15H18N4O. The fourth-order valence-electron chi connectivity index (χ4n) is 2.44. The summed E-state index contributed by atoms with van der Waals surface area (Å²) in [6.45, 7) is 2.99. The minimum absolute atomic E-state index is 0.140. The molecule has 2 N–H and O–H groups in total. The molecule has 0 aliphatic heterocycles. The molecule has 0 aliphatic rings. The van der Waals surface area contributed by atoms with Gasteiger partial charge < -0.3 is 10.2 Å². The first-order valence-electron chi connectivity index (χ1n) is 6.88. The predicted molar refractivity (Wildman–Crippen MR) is 77.2 cm³/mol. The number of fused-ring (bicyclic) bond motifs is 1. The number of para-hydroxylation sites is 1. The summed E-state index contributed by atoms with van der Waals surface area (Å²) in [7, 11) is 0. The standard InChI is InChI=1S/C15H18N4O/c1-2-7-19-15(17-10-18-19)8-13(16)12-9-20-14-6-4-3-5-11(12)14/h3-6,9-10,13H,2,7-8,16H2,1H3. The Kier molecular flexibility index (Phi) is 3.52. The Labute approximate surface area is 117 Å². The van der Waals surface area contributed by atoms with Crippen molar-refractivity contribution in [2.45, 2.75) is 32.4 Å². The van der Waals surface area contributed by atoms with Crippen LogP contribution in [-0.2, 0) is 13.0 Å². The molecule has 3 rings (SSSR count). The van der Waals surface area contributed by atoms with Crippen molar-refractivity contribution in [2.75, 3.05) is 0 Å². The minimum Gasteiger partial charge on any atom is -0.464 e. The first kappa shape index (κ1) is 12.9. The topological polar surface area (TPSA) is 69.9 Å². The van der Waals surface area contributed by atoms with Crippen LogP contribution in [0.25, 0.3) is 11.0 Å². The number of hydrogen-bond acceptors (Lipinski definition) is 4. The first-order chi connectivity index (χ1) is 9.79. The summed E-state index contributed by atoms with van der Waals surface area (Å²) in [5.74, 6) is 0.921. The van der Waals surface area contributed by atoms with Gasteiger partial charge in [0.15, 0.2) is 0 Å². The number of nitrogens with zero attached hydrogens (tertiary/aromatic N) is 3. The Morgan fingerprint density at radius 3 is 3.05 bits per heavy atom. The summed E-state index contributed by atoms with van der Waals surface area (Å²) in [4.78, 5) is 4.31. The highest BCUT2D eigenvalue weighted by Crippen LogP contribution is 2.26. The van der Waals surface area contributed by atoms with Crippen LogP contribution in [0.5, 0.6) is 0 Å². The lowest BCUT2D eigenvalue weighted by molar-refractivity contribution is 0.544. The van der Waals surface area contributed by atoms with Crippen molar-refractivity contribution in [2.24, 2.45) is 5.73 Å². The van der Waals surface area contributed by atoms with E-state index in [0.29, 0.717) is 6.42 Å². The average molecular weight is 270 g/mol. The summed E-state index contributed by atoms with van der Waals surface area (Å²) in [6, 6.07) is 7.79. The Hall–Kier alpha value is -2.14. The van der Waals surface area contributed by atoms with Crippen molar-refractivity contribution in [3.8, 4) is 0 Å². The molecule has 1 unspecified atom stereocenters. The highest BCUT2D eigenvalue weighted by molar-refractivity contribution is 5.81. The van der Waals surface area contributed by atoms with E-state index >= 15 is 0 Å². The number of aromatic nitrogens is 3. The smallest absolute Gasteiger partial charge is 0.138 e. The molecule has 0 saturated carbocycles. The summed E-state index contributed by atoms with van der Waals surface area (Å²) in [5, 5.41) is 5.30. The Balaban J connectivity index is 1.85. The van der Waals surface area contributed by atoms with Crippen LogP contribution in [0.15, 0.2) is 41.3 Å². The second-order valence-electron chi connectivity index (χ2n) is 4.90. The normalized spacial score (nSPS) is 12.9. The number of aryl methyl sites for hydroxylation is 1. The lowest BCUT2D eigenvalue weighted by atomic mass is 10.0. The highest BCUT2D eigenvalue weighted by atomic mass is 16.3. The number of rotatable bonds is 5. The molecule has 2 aromatic heterocycles. The van der Waals surface area contributed by atoms with Gasteiger partial charge in [-0.25, -0.2) is 4.98 Å². The van der Waals surface area contributed by atoms with Crippen molar-refractivity contribution < 1.29 is 4.42 Å². The van der Waals surface area contributed by atoms with Crippen LogP contribution < -0.4 is 5.73 Å². The molecular weight excluding hydrogens is 252 g/mol. The van der Waals surface area contributed by atoms with Gasteiger partial charge in [-0.15, -0.1) is 0 Å². The molecule has 0 fully saturated rings. The molecule has 5 nitrogen and oxygen atoms in total. The van der Waals surface area contributed by atoms with Gasteiger partial charge in [0, 0.05) is 30.0 Å². The van der Waals surface area contributed by atoms with Crippen LogP contribution in [0.2, 0.25) is 0 Å². The van der Waals surface area contributed by atoms with Gasteiger partial charge in [0.05, 0.1) is 6.26 Å². The largest absolute Gasteiger partial charge is 0.464 e. The molecule has 1 atom stereocenters. The Morgan fingerprint density at radius 2 is 2.20 bits per heavy atom. The number of nitrogens with two attached hydrogens (primary N) is 1. The molecule has 2 heterocycles. The quantitative estimate of drug-likeness (QED) is 0.773. The summed E-state index contributed by atoms with van der Waals surface area (Å²) >= 11 is 0. The molecule has 104 valence electrons. The monoisotopic (exact) mass is 270 g/mol. The third kappa shape index (κ3) is 2.32. The maximum Gasteiger partial charge on any atom is 0.138 e. The molecule has 0 saturated heterocycles. The number of benzene rings is 1. The van der Waals surface area contributed by atoms with Crippen LogP contribution >= 0.6 is 0 Å². The van der Waals surface area contributed by atoms with Gasteiger partial charge in [-0.05, 0) is 12.5 Å². The van der Waals surface area contributed by atoms with E-state index in [4.69, 9.17) is 10.2 Å². The van der Waals surface area contributed by atoms with Crippen LogP contribution in [-0.4, -0.2) is 14.8 Å². The number of hydrogen-bond donors (Lipinski definition) is 1. The van der Waals surface area contributed by atoms with Gasteiger partial charge in [0.1, 0.15) is 17.7 Å². The van der Waals surface area contributed by atoms with Crippen LogP contribution in [0.3, 0.4) is 0 Å². The lowest BCUT2D eigenvalue weighted by Crippen LogP contribution is -2.16. The van der Waals surface area contributed by atoms with E-state index in [1.165, 1.54) is 0 Å². The van der Waals surface area contributed by atoms with E-state index in [2.05, 4.69) is 17.0 Å². The van der Waals surface area contributed by atoms with Crippen molar-refractivity contribution in [1.82, 2.24) is 14.8 Å². The fourth-order valence-corrected chi connectivity index (χ4v) is 2.44. The first-order valence-corrected chi connectivity index (χ1v) is 6.88. The highest BCUT2D eigenvalue weighted by Gasteiger charge is 2.16. The van der Waals surface area contributed by atoms with Crippen molar-refractivity contribution in [3.63, 3.8) is 0 Å². The van der Waals surface area contributed by atoms with Gasteiger partial charge in [0.2, 0.25) is 0 Å². The predicted octanol–water partition coefficient (Wildman–Crippen LogP) is 2.68. The van der Waals surface area contributed by atoms with Crippen molar-refractivity contribution in [1.29, 1.82) is 0 Å². The zero-order chi connectivity index (χ0) is 13.9. The van der Waals surface area contributed by atoms with E-state index in [1.54, 1.807) is 12.6 Å². The minimum atomic E-state index is -0.140. The van der Waals surface area contributed by atoms with Gasteiger partial charge in [-0.3, -0.25) is 4.68 Å². The Bertz CT molecular complexity index is 701. The second-order valence-corrected chi connectivity index (χ2v) is 4.90. The van der Waals surface area contributed by atoms with E-state index in [0.717, 1.165) is 35.3 Å². The molecule has 0 aliphatic carbocycles. The van der Waals surface area contributed by atoms with E-state index in [9.17, 15) is 0 Å². The number of furan rings is 1. The van der Waals surface area contributed by atoms with E-state index < -0.39 is 0 Å². The van der Waals surface area contributed by atoms with Crippen LogP contribution in [0.4, 0.5) is 0 Å². The van der Waals surface area contributed by atoms with Crippen LogP contribution in [0.1, 0.15) is 30.8 Å². The molecule has 3 aromatic rings. The van der Waals surface area contributed by atoms with Gasteiger partial charge in [0.25, 0.3) is 0 Å². The van der Waals surface area contributed by atoms with E-state index in [-0.39, 0.29) is 6.04 Å². The SMILES string of the molecule is CCCn1ncnc1CC(N)c1coc2ccccc12. The maximum absolute atomic E-state index is 6.32. The summed E-state index contributed by atoms with van der Waals surface area (Å²) in [6.07, 6.45) is 5.02.